The first-order chi connectivity index (χ1) is 12.2. The molecule has 1 fully saturated rings. The van der Waals surface area contributed by atoms with E-state index in [0.717, 1.165) is 25.5 Å². The molecule has 0 aromatic carbocycles. The summed E-state index contributed by atoms with van der Waals surface area (Å²) < 4.78 is 4.69. The van der Waals surface area contributed by atoms with Gasteiger partial charge in [-0.25, -0.2) is 9.78 Å². The lowest BCUT2D eigenvalue weighted by atomic mass is 9.92. The third kappa shape index (κ3) is 3.37. The van der Waals surface area contributed by atoms with Gasteiger partial charge in [-0.2, -0.15) is 0 Å². The van der Waals surface area contributed by atoms with Gasteiger partial charge in [0.2, 0.25) is 0 Å². The van der Waals surface area contributed by atoms with E-state index in [2.05, 4.69) is 32.6 Å². The highest BCUT2D eigenvalue weighted by atomic mass is 16.2. The van der Waals surface area contributed by atoms with Gasteiger partial charge < -0.3 is 4.57 Å². The Bertz CT molecular complexity index is 911. The zero-order valence-corrected chi connectivity index (χ0v) is 16.8. The Kier molecular flexibility index (Phi) is 5.10. The van der Waals surface area contributed by atoms with E-state index in [1.165, 1.54) is 22.6 Å². The number of nitrogens with zero attached hydrogens (tertiary/aromatic N) is 5. The summed E-state index contributed by atoms with van der Waals surface area (Å²) in [5.41, 5.74) is 0.439. The van der Waals surface area contributed by atoms with Crippen LogP contribution >= 0.6 is 0 Å². The van der Waals surface area contributed by atoms with Crippen LogP contribution in [0, 0.1) is 17.8 Å². The second-order valence-electron chi connectivity index (χ2n) is 8.55. The SMILES string of the molecule is CC(C)Cn1c(CN2CC(C)CC(C)C2)nc2c1c(=O)n(C)c(=O)n2C. The summed E-state index contributed by atoms with van der Waals surface area (Å²) in [6, 6.07) is 0. The molecule has 2 aromatic heterocycles. The lowest BCUT2D eigenvalue weighted by molar-refractivity contribution is 0.130. The fourth-order valence-corrected chi connectivity index (χ4v) is 4.30. The summed E-state index contributed by atoms with van der Waals surface area (Å²) in [6.45, 7) is 12.4. The molecule has 0 spiro atoms. The highest BCUT2D eigenvalue weighted by molar-refractivity contribution is 5.71. The van der Waals surface area contributed by atoms with Gasteiger partial charge >= 0.3 is 5.69 Å². The van der Waals surface area contributed by atoms with Crippen LogP contribution in [0.2, 0.25) is 0 Å². The zero-order valence-electron chi connectivity index (χ0n) is 16.8. The molecule has 0 N–H and O–H groups in total. The van der Waals surface area contributed by atoms with E-state index < -0.39 is 0 Å². The first-order valence-electron chi connectivity index (χ1n) is 9.56. The minimum Gasteiger partial charge on any atom is -0.321 e. The van der Waals surface area contributed by atoms with E-state index in [1.807, 2.05) is 4.57 Å². The summed E-state index contributed by atoms with van der Waals surface area (Å²) >= 11 is 0. The van der Waals surface area contributed by atoms with Crippen molar-refractivity contribution < 1.29 is 0 Å². The molecule has 2 unspecified atom stereocenters. The molecular weight excluding hydrogens is 330 g/mol. The molecule has 0 bridgehead atoms. The normalized spacial score (nSPS) is 21.8. The van der Waals surface area contributed by atoms with Crippen molar-refractivity contribution in [3.63, 3.8) is 0 Å². The number of aromatic nitrogens is 4. The summed E-state index contributed by atoms with van der Waals surface area (Å²) in [5, 5.41) is 0. The maximum Gasteiger partial charge on any atom is 0.332 e. The van der Waals surface area contributed by atoms with Crippen molar-refractivity contribution >= 4 is 11.2 Å². The second-order valence-corrected chi connectivity index (χ2v) is 8.55. The quantitative estimate of drug-likeness (QED) is 0.829. The van der Waals surface area contributed by atoms with E-state index in [9.17, 15) is 9.59 Å². The number of likely N-dealkylation sites (tertiary alicyclic amines) is 1. The molecule has 2 aromatic rings. The van der Waals surface area contributed by atoms with Gasteiger partial charge in [0.1, 0.15) is 5.82 Å². The van der Waals surface area contributed by atoms with Crippen molar-refractivity contribution in [1.82, 2.24) is 23.6 Å². The fourth-order valence-electron chi connectivity index (χ4n) is 4.30. The minimum absolute atomic E-state index is 0.261. The zero-order chi connectivity index (χ0) is 19.2. The Morgan fingerprint density at radius 2 is 1.69 bits per heavy atom. The molecule has 1 aliphatic heterocycles. The molecule has 3 heterocycles. The van der Waals surface area contributed by atoms with Crippen LogP contribution in [-0.4, -0.2) is 36.7 Å². The predicted molar refractivity (Wildman–Crippen MR) is 103 cm³/mol. The number of aryl methyl sites for hydroxylation is 1. The van der Waals surface area contributed by atoms with Crippen LogP contribution in [0.4, 0.5) is 0 Å². The minimum atomic E-state index is -0.330. The van der Waals surface area contributed by atoms with Gasteiger partial charge in [0.25, 0.3) is 5.56 Å². The van der Waals surface area contributed by atoms with E-state index in [-0.39, 0.29) is 11.2 Å². The van der Waals surface area contributed by atoms with Crippen molar-refractivity contribution in [1.29, 1.82) is 0 Å². The molecule has 0 saturated carbocycles. The third-order valence-electron chi connectivity index (χ3n) is 5.28. The van der Waals surface area contributed by atoms with Crippen molar-refractivity contribution in [2.75, 3.05) is 13.1 Å². The van der Waals surface area contributed by atoms with Crippen LogP contribution in [0.15, 0.2) is 9.59 Å². The molecular formula is C19H31N5O2. The smallest absolute Gasteiger partial charge is 0.321 e. The second kappa shape index (κ2) is 7.02. The van der Waals surface area contributed by atoms with Gasteiger partial charge in [0.15, 0.2) is 11.2 Å². The predicted octanol–water partition coefficient (Wildman–Crippen LogP) is 1.57. The molecule has 7 heteroatoms. The number of imidazole rings is 1. The Morgan fingerprint density at radius 1 is 1.08 bits per heavy atom. The Morgan fingerprint density at radius 3 is 2.27 bits per heavy atom. The Balaban J connectivity index is 2.12. The maximum atomic E-state index is 12.8. The topological polar surface area (TPSA) is 65.1 Å². The van der Waals surface area contributed by atoms with E-state index >= 15 is 0 Å². The lowest BCUT2D eigenvalue weighted by Crippen LogP contribution is -2.39. The van der Waals surface area contributed by atoms with E-state index in [1.54, 1.807) is 7.05 Å². The van der Waals surface area contributed by atoms with Gasteiger partial charge in [-0.05, 0) is 24.2 Å². The van der Waals surface area contributed by atoms with Crippen LogP contribution in [-0.2, 0) is 27.2 Å². The summed E-state index contributed by atoms with van der Waals surface area (Å²) in [7, 11) is 3.22. The first-order valence-corrected chi connectivity index (χ1v) is 9.56. The van der Waals surface area contributed by atoms with Crippen LogP contribution < -0.4 is 11.2 Å². The average molecular weight is 361 g/mol. The monoisotopic (exact) mass is 361 g/mol. The fraction of sp³-hybridized carbons (Fsp3) is 0.737. The van der Waals surface area contributed by atoms with E-state index in [4.69, 9.17) is 4.98 Å². The van der Waals surface area contributed by atoms with Crippen molar-refractivity contribution in [2.24, 2.45) is 31.8 Å². The van der Waals surface area contributed by atoms with Crippen LogP contribution in [0.3, 0.4) is 0 Å². The van der Waals surface area contributed by atoms with Crippen molar-refractivity contribution in [3.8, 4) is 0 Å². The molecule has 3 rings (SSSR count). The van der Waals surface area contributed by atoms with Crippen LogP contribution in [0.25, 0.3) is 11.2 Å². The number of hydrogen-bond acceptors (Lipinski definition) is 4. The first kappa shape index (κ1) is 18.9. The van der Waals surface area contributed by atoms with E-state index in [0.29, 0.717) is 35.5 Å². The molecule has 7 nitrogen and oxygen atoms in total. The van der Waals surface area contributed by atoms with Crippen LogP contribution in [0.1, 0.15) is 39.9 Å². The van der Waals surface area contributed by atoms with Crippen LogP contribution in [0.5, 0.6) is 0 Å². The highest BCUT2D eigenvalue weighted by Crippen LogP contribution is 2.23. The van der Waals surface area contributed by atoms with Gasteiger partial charge in [-0.1, -0.05) is 27.7 Å². The van der Waals surface area contributed by atoms with Crippen molar-refractivity contribution in [2.45, 2.75) is 47.2 Å². The van der Waals surface area contributed by atoms with Gasteiger partial charge in [0.05, 0.1) is 6.54 Å². The molecule has 0 radical (unpaired) electrons. The highest BCUT2D eigenvalue weighted by Gasteiger charge is 2.25. The number of hydrogen-bond donors (Lipinski definition) is 0. The van der Waals surface area contributed by atoms with Gasteiger partial charge in [-0.15, -0.1) is 0 Å². The van der Waals surface area contributed by atoms with Gasteiger partial charge in [0, 0.05) is 33.7 Å². The summed E-state index contributed by atoms with van der Waals surface area (Å²) in [5.74, 6) is 2.60. The molecule has 144 valence electrons. The Hall–Kier alpha value is -1.89. The number of piperidine rings is 1. The Labute approximate surface area is 154 Å². The molecule has 1 saturated heterocycles. The molecule has 2 atom stereocenters. The molecule has 0 amide bonds. The van der Waals surface area contributed by atoms with Crippen molar-refractivity contribution in [3.05, 3.63) is 26.7 Å². The molecule has 1 aliphatic rings. The molecule has 26 heavy (non-hydrogen) atoms. The molecule has 0 aliphatic carbocycles. The van der Waals surface area contributed by atoms with Gasteiger partial charge in [-0.3, -0.25) is 18.8 Å². The number of fused-ring (bicyclic) bond motifs is 1. The lowest BCUT2D eigenvalue weighted by Gasteiger charge is -2.34. The largest absolute Gasteiger partial charge is 0.332 e. The maximum absolute atomic E-state index is 12.8. The summed E-state index contributed by atoms with van der Waals surface area (Å²) in [6.07, 6.45) is 1.26. The summed E-state index contributed by atoms with van der Waals surface area (Å²) in [4.78, 5) is 32.2. The average Bonchev–Trinajstić information content (AvgIpc) is 2.88. The number of rotatable bonds is 4. The third-order valence-corrected chi connectivity index (χ3v) is 5.28. The standard InChI is InChI=1S/C19H31N5O2/c1-12(2)8-24-15(11-23-9-13(3)7-14(4)10-23)20-17-16(24)18(25)22(6)19(26)21(17)5/h12-14H,7-11H2,1-6H3.